The molecule has 0 aliphatic carbocycles. The van der Waals surface area contributed by atoms with Gasteiger partial charge in [-0.1, -0.05) is 74.5 Å². The summed E-state index contributed by atoms with van der Waals surface area (Å²) in [5, 5.41) is 55.3. The van der Waals surface area contributed by atoms with E-state index in [4.69, 9.17) is 0 Å². The summed E-state index contributed by atoms with van der Waals surface area (Å²) in [6, 6.07) is 5.80. The molecule has 0 aliphatic rings. The highest BCUT2D eigenvalue weighted by Crippen LogP contribution is 2.10. The first-order valence-electron chi connectivity index (χ1n) is 19.6. The second kappa shape index (κ2) is 25.0. The lowest BCUT2D eigenvalue weighted by atomic mass is 10.0. The van der Waals surface area contributed by atoms with Gasteiger partial charge in [-0.2, -0.15) is 0 Å². The molecule has 0 bridgehead atoms. The summed E-state index contributed by atoms with van der Waals surface area (Å²) in [5.74, 6) is -11.8. The fourth-order valence-corrected chi connectivity index (χ4v) is 5.97. The van der Waals surface area contributed by atoms with Crippen molar-refractivity contribution in [3.63, 3.8) is 0 Å². The number of carboxylic acids is 3. The second-order valence-electron chi connectivity index (χ2n) is 15.0. The van der Waals surface area contributed by atoms with Gasteiger partial charge in [-0.15, -0.1) is 0 Å². The average molecular weight is 870 g/mol. The third-order valence-electron chi connectivity index (χ3n) is 9.05. The number of rotatable bonds is 25. The molecule has 2 aromatic rings. The molecule has 0 fully saturated rings. The van der Waals surface area contributed by atoms with E-state index < -0.39 is 120 Å². The van der Waals surface area contributed by atoms with E-state index in [-0.39, 0.29) is 25.2 Å². The third-order valence-corrected chi connectivity index (χ3v) is 9.05. The van der Waals surface area contributed by atoms with Crippen LogP contribution in [0.15, 0.2) is 60.7 Å². The predicted octanol–water partition coefficient (Wildman–Crippen LogP) is -1.63. The van der Waals surface area contributed by atoms with E-state index in [2.05, 4.69) is 37.2 Å². The molecule has 338 valence electrons. The highest BCUT2D eigenvalue weighted by Gasteiger charge is 2.35. The van der Waals surface area contributed by atoms with E-state index in [1.54, 1.807) is 74.5 Å². The number of nitrogens with one attached hydrogen (secondary N) is 7. The lowest BCUT2D eigenvalue weighted by Gasteiger charge is -2.28. The number of carbonyl (C=O) groups is 10. The summed E-state index contributed by atoms with van der Waals surface area (Å²) in [5.41, 5.74) is 1.22. The first kappa shape index (κ1) is 51.2. The predicted molar refractivity (Wildman–Crippen MR) is 218 cm³/mol. The molecular weight excluding hydrogens is 814 g/mol. The van der Waals surface area contributed by atoms with Gasteiger partial charge in [-0.25, -0.2) is 4.79 Å². The van der Waals surface area contributed by atoms with E-state index in [0.29, 0.717) is 11.1 Å². The molecule has 0 aromatic heterocycles. The minimum Gasteiger partial charge on any atom is -0.481 e. The van der Waals surface area contributed by atoms with Crippen molar-refractivity contribution in [2.45, 2.75) is 115 Å². The molecule has 2 rings (SSSR count). The Hall–Kier alpha value is -6.90. The monoisotopic (exact) mass is 869 g/mol. The zero-order valence-corrected chi connectivity index (χ0v) is 34.9. The van der Waals surface area contributed by atoms with Crippen molar-refractivity contribution in [1.29, 1.82) is 0 Å². The number of hydrogen-bond acceptors (Lipinski definition) is 11. The Morgan fingerprint density at radius 2 is 0.887 bits per heavy atom. The molecule has 0 radical (unpaired) electrons. The highest BCUT2D eigenvalue weighted by molar-refractivity contribution is 5.98. The molecule has 0 saturated carbocycles. The Labute approximate surface area is 357 Å². The zero-order chi connectivity index (χ0) is 46.7. The minimum absolute atomic E-state index is 0.0345. The molecular formula is C41H55N7O14. The average Bonchev–Trinajstić information content (AvgIpc) is 3.18. The quantitative estimate of drug-likeness (QED) is 0.0534. The van der Waals surface area contributed by atoms with Crippen molar-refractivity contribution < 1.29 is 68.4 Å². The second-order valence-corrected chi connectivity index (χ2v) is 15.0. The number of carboxylic acid groups (broad SMARTS) is 3. The molecule has 11 N–H and O–H groups in total. The molecule has 0 aliphatic heterocycles. The van der Waals surface area contributed by atoms with E-state index in [9.17, 15) is 68.4 Å². The van der Waals surface area contributed by atoms with Gasteiger partial charge in [0.25, 0.3) is 0 Å². The first-order chi connectivity index (χ1) is 29.1. The van der Waals surface area contributed by atoms with Crippen molar-refractivity contribution in [2.75, 3.05) is 0 Å². The van der Waals surface area contributed by atoms with Crippen molar-refractivity contribution in [3.8, 4) is 0 Å². The van der Waals surface area contributed by atoms with E-state index in [0.717, 1.165) is 6.92 Å². The maximum Gasteiger partial charge on any atom is 0.326 e. The van der Waals surface area contributed by atoms with Crippen LogP contribution in [0.25, 0.3) is 0 Å². The van der Waals surface area contributed by atoms with Gasteiger partial charge in [0.2, 0.25) is 41.4 Å². The van der Waals surface area contributed by atoms with E-state index in [1.165, 1.54) is 13.8 Å². The van der Waals surface area contributed by atoms with Gasteiger partial charge in [0.15, 0.2) is 0 Å². The molecule has 7 amide bonds. The lowest BCUT2D eigenvalue weighted by Crippen LogP contribution is -2.61. The van der Waals surface area contributed by atoms with Crippen LogP contribution in [-0.2, 0) is 60.8 Å². The maximum atomic E-state index is 13.6. The van der Waals surface area contributed by atoms with Gasteiger partial charge in [0.1, 0.15) is 42.3 Å². The number of carbonyl (C=O) groups excluding carboxylic acids is 7. The molecule has 21 heteroatoms. The molecule has 62 heavy (non-hydrogen) atoms. The van der Waals surface area contributed by atoms with Crippen LogP contribution in [0.3, 0.4) is 0 Å². The zero-order valence-electron chi connectivity index (χ0n) is 34.9. The van der Waals surface area contributed by atoms with Crippen molar-refractivity contribution in [1.82, 2.24) is 37.2 Å². The van der Waals surface area contributed by atoms with Crippen LogP contribution in [0, 0.1) is 5.92 Å². The summed E-state index contributed by atoms with van der Waals surface area (Å²) in [7, 11) is 0. The SMILES string of the molecule is CC(=O)N[C@@H](Cc1ccccc1)C(=O)N[C@H](C(=O)N[C@@H](CC(C)C)C(=O)N[C@@H](CC(=O)O)C(=O)N[C@@H](C)C(=O)N[C@@H](CC(=O)O)C(=O)N[C@@H](Cc1ccccc1)C(=O)O)[C@H](C)O. The lowest BCUT2D eigenvalue weighted by molar-refractivity contribution is -0.143. The molecule has 21 nitrogen and oxygen atoms in total. The Kier molecular flexibility index (Phi) is 20.7. The number of aliphatic hydroxyl groups is 1. The fourth-order valence-electron chi connectivity index (χ4n) is 5.97. The number of amides is 7. The largest absolute Gasteiger partial charge is 0.481 e. The summed E-state index contributed by atoms with van der Waals surface area (Å²) in [4.78, 5) is 127. The van der Waals surface area contributed by atoms with Gasteiger partial charge in [0, 0.05) is 19.8 Å². The molecule has 0 unspecified atom stereocenters. The topological polar surface area (TPSA) is 336 Å². The highest BCUT2D eigenvalue weighted by atomic mass is 16.4. The summed E-state index contributed by atoms with van der Waals surface area (Å²) < 4.78 is 0. The molecule has 8 atom stereocenters. The summed E-state index contributed by atoms with van der Waals surface area (Å²) >= 11 is 0. The van der Waals surface area contributed by atoms with Crippen molar-refractivity contribution >= 4 is 59.3 Å². The minimum atomic E-state index is -1.86. The van der Waals surface area contributed by atoms with Crippen LogP contribution in [0.1, 0.15) is 65.0 Å². The maximum absolute atomic E-state index is 13.6. The summed E-state index contributed by atoms with van der Waals surface area (Å²) in [6.45, 7) is 6.88. The van der Waals surface area contributed by atoms with Crippen molar-refractivity contribution in [3.05, 3.63) is 71.8 Å². The van der Waals surface area contributed by atoms with Gasteiger partial charge in [-0.05, 0) is 37.3 Å². The van der Waals surface area contributed by atoms with E-state index >= 15 is 0 Å². The molecule has 0 saturated heterocycles. The first-order valence-corrected chi connectivity index (χ1v) is 19.6. The fraction of sp³-hybridized carbons (Fsp3) is 0.463. The number of aliphatic hydroxyl groups excluding tert-OH is 1. The van der Waals surface area contributed by atoms with Gasteiger partial charge >= 0.3 is 17.9 Å². The Morgan fingerprint density at radius 3 is 1.32 bits per heavy atom. The molecule has 0 heterocycles. The number of aliphatic carboxylic acids is 3. The standard InChI is InChI=1S/C41H55N7O14/c1-21(2)16-27(46-40(60)34(23(4)49)48-39(59)28(43-24(5)50)17-25-12-8-6-9-13-25)37(57)45-29(19-32(51)52)36(56)42-22(3)35(55)44-30(20-33(53)54)38(58)47-31(41(61)62)18-26-14-10-7-11-15-26/h6-15,21-23,27-31,34,49H,16-20H2,1-5H3,(H,42,56)(H,43,50)(H,44,55)(H,45,57)(H,46,60)(H,47,58)(H,48,59)(H,51,52)(H,53,54)(H,61,62)/t22-,23-,27-,28-,29-,30-,31-,34-/m0/s1. The van der Waals surface area contributed by atoms with Crippen LogP contribution in [0.5, 0.6) is 0 Å². The van der Waals surface area contributed by atoms with Crippen LogP contribution < -0.4 is 37.2 Å². The third kappa shape index (κ3) is 18.2. The Morgan fingerprint density at radius 1 is 0.484 bits per heavy atom. The van der Waals surface area contributed by atoms with Crippen molar-refractivity contribution in [2.24, 2.45) is 5.92 Å². The number of benzene rings is 2. The van der Waals surface area contributed by atoms with Crippen LogP contribution >= 0.6 is 0 Å². The van der Waals surface area contributed by atoms with Crippen LogP contribution in [0.4, 0.5) is 0 Å². The van der Waals surface area contributed by atoms with E-state index in [1.807, 2.05) is 0 Å². The van der Waals surface area contributed by atoms with Crippen LogP contribution in [-0.4, -0.2) is 128 Å². The van der Waals surface area contributed by atoms with Gasteiger partial charge in [0.05, 0.1) is 18.9 Å². The Bertz CT molecular complexity index is 1910. The smallest absolute Gasteiger partial charge is 0.326 e. The Balaban J connectivity index is 2.21. The van der Waals surface area contributed by atoms with Crippen LogP contribution in [0.2, 0.25) is 0 Å². The molecule has 2 aromatic carbocycles. The number of hydrogen-bond donors (Lipinski definition) is 11. The molecule has 0 spiro atoms. The summed E-state index contributed by atoms with van der Waals surface area (Å²) in [6.07, 6.45) is -3.75. The van der Waals surface area contributed by atoms with Gasteiger partial charge in [-0.3, -0.25) is 43.2 Å². The van der Waals surface area contributed by atoms with Gasteiger partial charge < -0.3 is 57.6 Å². The normalized spacial score (nSPS) is 14.8.